The quantitative estimate of drug-likeness (QED) is 0.627. The predicted molar refractivity (Wildman–Crippen MR) is 70.0 cm³/mol. The fourth-order valence-electron chi connectivity index (χ4n) is 2.35. The van der Waals surface area contributed by atoms with Crippen LogP contribution in [0.1, 0.15) is 19.8 Å². The Kier molecular flexibility index (Phi) is 4.67. The number of nitrogens with zero attached hydrogens (tertiary/aromatic N) is 1. The monoisotopic (exact) mass is 341 g/mol. The van der Waals surface area contributed by atoms with Crippen molar-refractivity contribution >= 4 is 10.0 Å². The molecule has 0 unspecified atom stereocenters. The molecule has 1 saturated heterocycles. The summed E-state index contributed by atoms with van der Waals surface area (Å²) in [7, 11) is -3.85. The first-order valence-corrected chi connectivity index (χ1v) is 8.05. The van der Waals surface area contributed by atoms with E-state index in [1.54, 1.807) is 0 Å². The molecule has 0 aliphatic carbocycles. The molecule has 0 aromatic heterocycles. The van der Waals surface area contributed by atoms with Crippen molar-refractivity contribution in [2.75, 3.05) is 20.2 Å². The molecular formula is C13H15F4NO3S. The van der Waals surface area contributed by atoms with Crippen LogP contribution in [0.2, 0.25) is 0 Å². The van der Waals surface area contributed by atoms with E-state index in [0.29, 0.717) is 12.8 Å². The lowest BCUT2D eigenvalue weighted by Gasteiger charge is -2.29. The number of hydrogen-bond acceptors (Lipinski definition) is 3. The molecule has 1 heterocycles. The summed E-state index contributed by atoms with van der Waals surface area (Å²) in [4.78, 5) is -1.61. The average Bonchev–Trinajstić information content (AvgIpc) is 2.46. The molecular weight excluding hydrogens is 326 g/mol. The number of methoxy groups -OCH3 is 1. The summed E-state index contributed by atoms with van der Waals surface area (Å²) in [5.41, 5.74) is 0. The molecule has 0 amide bonds. The summed E-state index contributed by atoms with van der Waals surface area (Å²) in [6.07, 6.45) is 1.01. The van der Waals surface area contributed by atoms with Crippen molar-refractivity contribution < 1.29 is 30.7 Å². The molecule has 1 fully saturated rings. The van der Waals surface area contributed by atoms with Gasteiger partial charge >= 0.3 is 0 Å². The molecule has 9 heteroatoms. The van der Waals surface area contributed by atoms with E-state index in [2.05, 4.69) is 4.74 Å². The summed E-state index contributed by atoms with van der Waals surface area (Å²) in [6, 6.07) is 0. The molecule has 0 atom stereocenters. The van der Waals surface area contributed by atoms with Gasteiger partial charge in [-0.05, 0) is 18.8 Å². The first-order chi connectivity index (χ1) is 10.2. The topological polar surface area (TPSA) is 46.6 Å². The van der Waals surface area contributed by atoms with Gasteiger partial charge in [-0.2, -0.15) is 13.1 Å². The number of sulfonamides is 1. The Balaban J connectivity index is 2.57. The van der Waals surface area contributed by atoms with Crippen LogP contribution >= 0.6 is 0 Å². The lowest BCUT2D eigenvalue weighted by molar-refractivity contribution is 0.282. The largest absolute Gasteiger partial charge is 0.491 e. The number of hydrogen-bond donors (Lipinski definition) is 0. The van der Waals surface area contributed by atoms with E-state index in [9.17, 15) is 26.0 Å². The number of piperidine rings is 1. The standard InChI is InChI=1S/C13H15F4NO3S/c1-7-3-5-18(6-4-7)22(19,20)13-10(16)8(14)12(21-2)9(15)11(13)17/h7H,3-6H2,1-2H3. The van der Waals surface area contributed by atoms with E-state index >= 15 is 0 Å². The van der Waals surface area contributed by atoms with Gasteiger partial charge in [0.05, 0.1) is 7.11 Å². The lowest BCUT2D eigenvalue weighted by Crippen LogP contribution is -2.39. The highest BCUT2D eigenvalue weighted by atomic mass is 32.2. The number of halogens is 4. The number of rotatable bonds is 3. The van der Waals surface area contributed by atoms with E-state index < -0.39 is 43.9 Å². The van der Waals surface area contributed by atoms with E-state index in [4.69, 9.17) is 0 Å². The van der Waals surface area contributed by atoms with Crippen molar-refractivity contribution in [2.45, 2.75) is 24.7 Å². The van der Waals surface area contributed by atoms with Crippen LogP contribution in [0, 0.1) is 29.2 Å². The Labute approximate surface area is 125 Å². The van der Waals surface area contributed by atoms with Crippen LogP contribution in [0.25, 0.3) is 0 Å². The third kappa shape index (κ3) is 2.67. The van der Waals surface area contributed by atoms with Crippen LogP contribution in [0.15, 0.2) is 4.90 Å². The van der Waals surface area contributed by atoms with Gasteiger partial charge in [-0.1, -0.05) is 6.92 Å². The minimum atomic E-state index is -4.67. The van der Waals surface area contributed by atoms with Gasteiger partial charge in [0.25, 0.3) is 0 Å². The molecule has 124 valence electrons. The highest BCUT2D eigenvalue weighted by molar-refractivity contribution is 7.89. The molecule has 0 bridgehead atoms. The van der Waals surface area contributed by atoms with Gasteiger partial charge in [-0.15, -0.1) is 0 Å². The van der Waals surface area contributed by atoms with E-state index in [1.165, 1.54) is 0 Å². The summed E-state index contributed by atoms with van der Waals surface area (Å²) in [5, 5.41) is 0. The molecule has 1 aromatic carbocycles. The second-order valence-corrected chi connectivity index (χ2v) is 7.08. The van der Waals surface area contributed by atoms with E-state index in [1.807, 2.05) is 6.92 Å². The first-order valence-electron chi connectivity index (χ1n) is 6.61. The summed E-state index contributed by atoms with van der Waals surface area (Å²) in [5.74, 6) is -8.72. The van der Waals surface area contributed by atoms with Crippen molar-refractivity contribution in [3.05, 3.63) is 23.3 Å². The molecule has 22 heavy (non-hydrogen) atoms. The number of benzene rings is 1. The molecule has 1 aliphatic heterocycles. The van der Waals surface area contributed by atoms with Crippen molar-refractivity contribution in [3.63, 3.8) is 0 Å². The van der Waals surface area contributed by atoms with Crippen LogP contribution in [-0.2, 0) is 10.0 Å². The molecule has 2 rings (SSSR count). The summed E-state index contributed by atoms with van der Waals surface area (Å²) in [6.45, 7) is 1.99. The Morgan fingerprint density at radius 1 is 1.00 bits per heavy atom. The van der Waals surface area contributed by atoms with Crippen molar-refractivity contribution in [2.24, 2.45) is 5.92 Å². The zero-order chi connectivity index (χ0) is 16.7. The predicted octanol–water partition coefficient (Wildman–Crippen LogP) is 2.67. The van der Waals surface area contributed by atoms with Gasteiger partial charge in [0.2, 0.25) is 21.7 Å². The normalized spacial score (nSPS) is 17.7. The number of ether oxygens (including phenoxy) is 1. The van der Waals surface area contributed by atoms with Gasteiger partial charge in [0.1, 0.15) is 0 Å². The second-order valence-electron chi connectivity index (χ2n) is 5.20. The first kappa shape index (κ1) is 17.0. The molecule has 0 radical (unpaired) electrons. The highest BCUT2D eigenvalue weighted by Crippen LogP contribution is 2.34. The van der Waals surface area contributed by atoms with Gasteiger partial charge in [0, 0.05) is 13.1 Å². The zero-order valence-corrected chi connectivity index (χ0v) is 12.8. The van der Waals surface area contributed by atoms with Crippen LogP contribution in [0.4, 0.5) is 17.6 Å². The van der Waals surface area contributed by atoms with Crippen LogP contribution in [-0.4, -0.2) is 32.9 Å². The molecule has 0 N–H and O–H groups in total. The van der Waals surface area contributed by atoms with Crippen molar-refractivity contribution in [1.29, 1.82) is 0 Å². The average molecular weight is 341 g/mol. The van der Waals surface area contributed by atoms with E-state index in [0.717, 1.165) is 11.4 Å². The molecule has 0 saturated carbocycles. The minimum absolute atomic E-state index is 0.0393. The maximum absolute atomic E-state index is 13.9. The maximum Gasteiger partial charge on any atom is 0.249 e. The van der Waals surface area contributed by atoms with Crippen molar-refractivity contribution in [1.82, 2.24) is 4.31 Å². The van der Waals surface area contributed by atoms with Crippen LogP contribution in [0.3, 0.4) is 0 Å². The van der Waals surface area contributed by atoms with Crippen molar-refractivity contribution in [3.8, 4) is 5.75 Å². The Morgan fingerprint density at radius 3 is 1.86 bits per heavy atom. The zero-order valence-electron chi connectivity index (χ0n) is 12.0. The summed E-state index contributed by atoms with van der Waals surface area (Å²) >= 11 is 0. The van der Waals surface area contributed by atoms with Gasteiger partial charge in [-0.25, -0.2) is 17.2 Å². The van der Waals surface area contributed by atoms with Gasteiger partial charge < -0.3 is 4.74 Å². The molecule has 1 aromatic rings. The van der Waals surface area contributed by atoms with Crippen LogP contribution in [0.5, 0.6) is 5.75 Å². The van der Waals surface area contributed by atoms with Crippen LogP contribution < -0.4 is 4.74 Å². The molecule has 1 aliphatic rings. The maximum atomic E-state index is 13.9. The fourth-order valence-corrected chi connectivity index (χ4v) is 3.93. The smallest absolute Gasteiger partial charge is 0.249 e. The third-order valence-corrected chi connectivity index (χ3v) is 5.65. The Hall–Kier alpha value is -1.35. The molecule has 0 spiro atoms. The lowest BCUT2D eigenvalue weighted by atomic mass is 10.0. The SMILES string of the molecule is COc1c(F)c(F)c(S(=O)(=O)N2CCC(C)CC2)c(F)c1F. The molecule has 4 nitrogen and oxygen atoms in total. The highest BCUT2D eigenvalue weighted by Gasteiger charge is 2.38. The third-order valence-electron chi connectivity index (χ3n) is 3.73. The second kappa shape index (κ2) is 6.04. The fraction of sp³-hybridized carbons (Fsp3) is 0.538. The summed E-state index contributed by atoms with van der Waals surface area (Å²) < 4.78 is 84.9. The van der Waals surface area contributed by atoms with Gasteiger partial charge in [0.15, 0.2) is 22.3 Å². The Morgan fingerprint density at radius 2 is 1.45 bits per heavy atom. The van der Waals surface area contributed by atoms with Gasteiger partial charge in [-0.3, -0.25) is 0 Å². The minimum Gasteiger partial charge on any atom is -0.491 e. The van der Waals surface area contributed by atoms with E-state index in [-0.39, 0.29) is 19.0 Å². The Bertz CT molecular complexity index is 656.